The molecule has 1 unspecified atom stereocenters. The molecule has 15 nitrogen and oxygen atoms in total. The number of rotatable bonds is 17. The highest BCUT2D eigenvalue weighted by atomic mass is 32.1. The number of ether oxygens (including phenoxy) is 4. The van der Waals surface area contributed by atoms with Crippen LogP contribution in [0.1, 0.15) is 62.0 Å². The second-order valence-electron chi connectivity index (χ2n) is 15.7. The van der Waals surface area contributed by atoms with Crippen molar-refractivity contribution in [3.63, 3.8) is 0 Å². The summed E-state index contributed by atoms with van der Waals surface area (Å²) in [5.74, 6) is 1.28. The van der Waals surface area contributed by atoms with Crippen molar-refractivity contribution in [1.29, 1.82) is 5.26 Å². The lowest BCUT2D eigenvalue weighted by molar-refractivity contribution is -0.156. The minimum Gasteiger partial charge on any atom is -0.497 e. The Labute approximate surface area is 359 Å². The quantitative estimate of drug-likeness (QED) is 0.0646. The molecule has 0 aliphatic carbocycles. The maximum absolute atomic E-state index is 13.8. The Kier molecular flexibility index (Phi) is 12.9. The number of aryl methyl sites for hydroxylation is 2. The molecule has 0 radical (unpaired) electrons. The van der Waals surface area contributed by atoms with E-state index in [1.165, 1.54) is 22.3 Å². The third-order valence-electron chi connectivity index (χ3n) is 11.1. The monoisotopic (exact) mass is 867 g/mol. The van der Waals surface area contributed by atoms with Gasteiger partial charge in [-0.25, -0.2) is 9.78 Å². The molecule has 0 amide bonds. The fraction of sp³-hybridized carbons (Fsp3) is 0.409. The summed E-state index contributed by atoms with van der Waals surface area (Å²) in [6, 6.07) is 26.2. The number of nitrogens with one attached hydrogen (secondary N) is 1. The average Bonchev–Trinajstić information content (AvgIpc) is 3.92. The standard InChI is InChI=1S/C44H50N7O8PS/c1-27(2)51(28(3)4)60(24-34(52)22-45)59-38-37-40(49-23-29(5)39(53)47-41(49)54)58-43(38,25-50(37)42-46-30(6)48-61-42)26-57-44(31-12-10-9-11-13-31,32-14-18-35(55-7)19-15-32)33-16-20-36(56-8)21-17-33/h9-21,23,27-28,37-38,40H,24-26H2,1-8H3,(H,47,53,54)/t37-,38+,40-,43-,60?/m1/s1. The number of benzene rings is 3. The molecule has 2 fully saturated rings. The van der Waals surface area contributed by atoms with Gasteiger partial charge in [-0.3, -0.25) is 23.8 Å². The van der Waals surface area contributed by atoms with Crippen LogP contribution in [0.5, 0.6) is 11.5 Å². The molecule has 2 bridgehead atoms. The van der Waals surface area contributed by atoms with Crippen LogP contribution in [0.4, 0.5) is 5.13 Å². The first kappa shape index (κ1) is 43.8. The number of ketones is 1. The van der Waals surface area contributed by atoms with E-state index in [9.17, 15) is 19.6 Å². The molecule has 5 atom stereocenters. The Hall–Kier alpha value is -5.27. The number of Topliss-reactive ketones (excluding diaryl/α,β-unsaturated/α-hetero) is 1. The van der Waals surface area contributed by atoms with E-state index in [0.29, 0.717) is 28.0 Å². The lowest BCUT2D eigenvalue weighted by atomic mass is 9.79. The normalized spacial score (nSPS) is 20.4. The third kappa shape index (κ3) is 8.38. The molecule has 2 saturated heterocycles. The van der Waals surface area contributed by atoms with Crippen LogP contribution in [0.2, 0.25) is 0 Å². The highest BCUT2D eigenvalue weighted by Gasteiger charge is 2.67. The molecule has 61 heavy (non-hydrogen) atoms. The van der Waals surface area contributed by atoms with E-state index in [2.05, 4.69) is 14.0 Å². The number of morpholine rings is 1. The number of aromatic amines is 1. The summed E-state index contributed by atoms with van der Waals surface area (Å²) in [5, 5.41) is 10.4. The molecular formula is C44H50N7O8PS. The zero-order valence-corrected chi connectivity index (χ0v) is 37.1. The maximum Gasteiger partial charge on any atom is 0.330 e. The van der Waals surface area contributed by atoms with Crippen LogP contribution in [0.3, 0.4) is 0 Å². The van der Waals surface area contributed by atoms with Gasteiger partial charge in [-0.15, -0.1) is 0 Å². The topological polar surface area (TPSA) is 174 Å². The van der Waals surface area contributed by atoms with Crippen molar-refractivity contribution >= 4 is 30.7 Å². The number of aromatic nitrogens is 4. The number of carbonyl (C=O) groups is 1. The summed E-state index contributed by atoms with van der Waals surface area (Å²) < 4.78 is 41.2. The van der Waals surface area contributed by atoms with Gasteiger partial charge in [0.2, 0.25) is 10.9 Å². The molecule has 7 rings (SSSR count). The smallest absolute Gasteiger partial charge is 0.330 e. The van der Waals surface area contributed by atoms with Crippen molar-refractivity contribution in [3.05, 3.63) is 134 Å². The van der Waals surface area contributed by atoms with Crippen LogP contribution in [-0.4, -0.2) is 92.7 Å². The number of carbonyl (C=O) groups excluding carboxylic acids is 1. The second-order valence-corrected chi connectivity index (χ2v) is 18.1. The number of nitrogens with zero attached hydrogens (tertiary/aromatic N) is 6. The fourth-order valence-electron chi connectivity index (χ4n) is 8.47. The summed E-state index contributed by atoms with van der Waals surface area (Å²) in [5.41, 5.74) is -1.09. The van der Waals surface area contributed by atoms with E-state index in [4.69, 9.17) is 28.5 Å². The van der Waals surface area contributed by atoms with E-state index in [0.717, 1.165) is 16.7 Å². The van der Waals surface area contributed by atoms with Crippen LogP contribution in [0, 0.1) is 25.2 Å². The van der Waals surface area contributed by atoms with E-state index in [1.807, 2.05) is 111 Å². The molecule has 2 aliphatic heterocycles. The molecule has 2 aromatic heterocycles. The lowest BCUT2D eigenvalue weighted by Crippen LogP contribution is -2.52. The van der Waals surface area contributed by atoms with Gasteiger partial charge >= 0.3 is 5.69 Å². The van der Waals surface area contributed by atoms with Crippen LogP contribution < -0.4 is 25.6 Å². The van der Waals surface area contributed by atoms with Gasteiger partial charge in [0.15, 0.2) is 6.23 Å². The molecule has 0 spiro atoms. The molecule has 320 valence electrons. The predicted molar refractivity (Wildman–Crippen MR) is 232 cm³/mol. The first-order valence-corrected chi connectivity index (χ1v) is 22.1. The lowest BCUT2D eigenvalue weighted by Gasteiger charge is -2.42. The predicted octanol–water partition coefficient (Wildman–Crippen LogP) is 6.10. The van der Waals surface area contributed by atoms with Gasteiger partial charge in [0.05, 0.1) is 33.5 Å². The largest absolute Gasteiger partial charge is 0.497 e. The minimum atomic E-state index is -1.78. The SMILES string of the molecule is COc1ccc(C(OC[C@@]23CN(c4nc(C)ns4)[C@@H]([C@H](n4cc(C)c(=O)[nH]c4=O)O2)[C@@H]3OP(CC(=O)C#N)N(C(C)C)C(C)C)(c2ccccc2)c2ccc(OC)cc2)cc1. The van der Waals surface area contributed by atoms with Crippen molar-refractivity contribution < 1.29 is 28.3 Å². The summed E-state index contributed by atoms with van der Waals surface area (Å²) in [6.45, 7) is 11.6. The van der Waals surface area contributed by atoms with Crippen molar-refractivity contribution in [3.8, 4) is 17.6 Å². The molecular weight excluding hydrogens is 818 g/mol. The Morgan fingerprint density at radius 3 is 2.10 bits per heavy atom. The molecule has 3 aromatic carbocycles. The van der Waals surface area contributed by atoms with Crippen molar-refractivity contribution in [1.82, 2.24) is 23.6 Å². The van der Waals surface area contributed by atoms with Gasteiger partial charge in [-0.05, 0) is 82.5 Å². The fourth-order valence-corrected chi connectivity index (χ4v) is 11.5. The van der Waals surface area contributed by atoms with Gasteiger partial charge < -0.3 is 28.4 Å². The zero-order valence-electron chi connectivity index (χ0n) is 35.4. The highest BCUT2D eigenvalue weighted by molar-refractivity contribution is 7.51. The highest BCUT2D eigenvalue weighted by Crippen LogP contribution is 2.57. The molecule has 1 N–H and O–H groups in total. The van der Waals surface area contributed by atoms with Gasteiger partial charge in [0.1, 0.15) is 55.0 Å². The number of fused-ring (bicyclic) bond motifs is 2. The Morgan fingerprint density at radius 1 is 0.984 bits per heavy atom. The summed E-state index contributed by atoms with van der Waals surface area (Å²) in [4.78, 5) is 48.8. The molecule has 5 aromatic rings. The second kappa shape index (κ2) is 18.0. The van der Waals surface area contributed by atoms with Crippen LogP contribution in [0.25, 0.3) is 0 Å². The minimum absolute atomic E-state index is 0.0668. The van der Waals surface area contributed by atoms with E-state index in [-0.39, 0.29) is 31.4 Å². The van der Waals surface area contributed by atoms with Gasteiger partial charge in [0, 0.05) is 35.4 Å². The summed E-state index contributed by atoms with van der Waals surface area (Å²) >= 11 is 1.21. The van der Waals surface area contributed by atoms with Gasteiger partial charge in [0.25, 0.3) is 5.56 Å². The van der Waals surface area contributed by atoms with Crippen molar-refractivity contribution in [2.24, 2.45) is 0 Å². The number of hydrogen-bond acceptors (Lipinski definition) is 14. The number of hydrogen-bond donors (Lipinski definition) is 1. The van der Waals surface area contributed by atoms with Gasteiger partial charge in [-0.2, -0.15) is 9.64 Å². The molecule has 17 heteroatoms. The Balaban J connectivity index is 1.46. The number of methoxy groups -OCH3 is 2. The first-order chi connectivity index (χ1) is 29.2. The van der Waals surface area contributed by atoms with E-state index in [1.54, 1.807) is 34.1 Å². The zero-order chi connectivity index (χ0) is 43.6. The number of nitriles is 1. The molecule has 4 heterocycles. The van der Waals surface area contributed by atoms with Crippen molar-refractivity contribution in [2.75, 3.05) is 38.4 Å². The summed E-state index contributed by atoms with van der Waals surface area (Å²) in [6.07, 6.45) is -0.577. The first-order valence-electron chi connectivity index (χ1n) is 20.0. The van der Waals surface area contributed by atoms with Crippen molar-refractivity contribution in [2.45, 2.75) is 83.2 Å². The van der Waals surface area contributed by atoms with Crippen LogP contribution in [-0.2, 0) is 24.4 Å². The number of anilines is 1. The molecule has 2 aliphatic rings. The number of H-pyrrole nitrogens is 1. The Bertz CT molecular complexity index is 2430. The van der Waals surface area contributed by atoms with Gasteiger partial charge in [-0.1, -0.05) is 54.6 Å². The van der Waals surface area contributed by atoms with Crippen LogP contribution in [0.15, 0.2) is 94.6 Å². The maximum atomic E-state index is 13.8. The van der Waals surface area contributed by atoms with E-state index >= 15 is 0 Å². The van der Waals surface area contributed by atoms with E-state index < -0.39 is 54.9 Å². The third-order valence-corrected chi connectivity index (χ3v) is 14.4. The molecule has 0 saturated carbocycles. The average molecular weight is 868 g/mol. The summed E-state index contributed by atoms with van der Waals surface area (Å²) in [7, 11) is 1.44. The van der Waals surface area contributed by atoms with Crippen LogP contribution >= 0.6 is 19.8 Å². The Morgan fingerprint density at radius 2 is 1.57 bits per heavy atom.